The zero-order valence-electron chi connectivity index (χ0n) is 10.3. The molecule has 1 unspecified atom stereocenters. The second-order valence-corrected chi connectivity index (χ2v) is 5.92. The summed E-state index contributed by atoms with van der Waals surface area (Å²) in [4.78, 5) is 1.19. The van der Waals surface area contributed by atoms with Gasteiger partial charge in [-0.25, -0.2) is 0 Å². The van der Waals surface area contributed by atoms with E-state index in [0.717, 1.165) is 5.02 Å². The second kappa shape index (κ2) is 6.28. The average molecular weight is 278 g/mol. The summed E-state index contributed by atoms with van der Waals surface area (Å²) in [5, 5.41) is 1.05. The third-order valence-electron chi connectivity index (χ3n) is 2.76. The van der Waals surface area contributed by atoms with Crippen molar-refractivity contribution >= 4 is 23.4 Å². The first-order valence-electron chi connectivity index (χ1n) is 5.88. The Bertz CT molecular complexity index is 493. The molecule has 0 radical (unpaired) electrons. The Morgan fingerprint density at radius 1 is 1.06 bits per heavy atom. The van der Waals surface area contributed by atoms with Crippen LogP contribution in [-0.2, 0) is 0 Å². The molecule has 0 heterocycles. The molecule has 2 aromatic carbocycles. The van der Waals surface area contributed by atoms with Gasteiger partial charge >= 0.3 is 0 Å². The summed E-state index contributed by atoms with van der Waals surface area (Å²) in [7, 11) is 0. The van der Waals surface area contributed by atoms with E-state index in [1.54, 1.807) is 11.8 Å². The molecule has 2 rings (SSSR count). The molecule has 3 heteroatoms. The van der Waals surface area contributed by atoms with Crippen LogP contribution in [0.5, 0.6) is 0 Å². The smallest absolute Gasteiger partial charge is 0.0466 e. The van der Waals surface area contributed by atoms with Gasteiger partial charge in [-0.1, -0.05) is 41.4 Å². The van der Waals surface area contributed by atoms with Crippen LogP contribution in [0.1, 0.15) is 16.4 Å². The van der Waals surface area contributed by atoms with Gasteiger partial charge in [0.2, 0.25) is 0 Å². The van der Waals surface area contributed by atoms with Gasteiger partial charge < -0.3 is 5.73 Å². The normalized spacial score (nSPS) is 12.4. The highest BCUT2D eigenvalue weighted by molar-refractivity contribution is 7.99. The molecule has 2 N–H and O–H groups in total. The maximum atomic E-state index is 5.88. The van der Waals surface area contributed by atoms with Crippen molar-refractivity contribution in [2.24, 2.45) is 5.73 Å². The van der Waals surface area contributed by atoms with Gasteiger partial charge in [0.25, 0.3) is 0 Å². The summed E-state index contributed by atoms with van der Waals surface area (Å²) < 4.78 is 0. The zero-order valence-corrected chi connectivity index (χ0v) is 11.8. The first-order chi connectivity index (χ1) is 8.69. The molecule has 2 aromatic rings. The first kappa shape index (κ1) is 13.5. The summed E-state index contributed by atoms with van der Waals surface area (Å²) in [6, 6.07) is 16.4. The van der Waals surface area contributed by atoms with Crippen LogP contribution in [0.3, 0.4) is 0 Å². The molecule has 94 valence electrons. The van der Waals surface area contributed by atoms with Crippen LogP contribution in [0.2, 0.25) is 5.02 Å². The summed E-state index contributed by atoms with van der Waals surface area (Å²) in [6.45, 7) is 2.71. The Labute approximate surface area is 117 Å². The van der Waals surface area contributed by atoms with E-state index < -0.39 is 0 Å². The Balaban J connectivity index is 2.14. The number of benzene rings is 2. The standard InChI is InChI=1S/C15H16ClNS/c1-11-2-4-12(5-3-11)15(10-17)18-14-8-6-13(16)7-9-14/h2-9,15H,10,17H2,1H3. The van der Waals surface area contributed by atoms with Gasteiger partial charge in [-0.2, -0.15) is 0 Å². The fraction of sp³-hybridized carbons (Fsp3) is 0.200. The van der Waals surface area contributed by atoms with Crippen molar-refractivity contribution in [3.05, 3.63) is 64.7 Å². The first-order valence-corrected chi connectivity index (χ1v) is 7.13. The van der Waals surface area contributed by atoms with E-state index in [-0.39, 0.29) is 5.25 Å². The largest absolute Gasteiger partial charge is 0.329 e. The van der Waals surface area contributed by atoms with Gasteiger partial charge in [0, 0.05) is 21.7 Å². The van der Waals surface area contributed by atoms with Gasteiger partial charge in [0.05, 0.1) is 0 Å². The lowest BCUT2D eigenvalue weighted by Crippen LogP contribution is -2.09. The van der Waals surface area contributed by atoms with Gasteiger partial charge in [0.15, 0.2) is 0 Å². The van der Waals surface area contributed by atoms with E-state index in [2.05, 4.69) is 31.2 Å². The number of aryl methyl sites for hydroxylation is 1. The molecular formula is C15H16ClNS. The van der Waals surface area contributed by atoms with Crippen LogP contribution < -0.4 is 5.73 Å². The number of rotatable bonds is 4. The van der Waals surface area contributed by atoms with Crippen molar-refractivity contribution in [3.8, 4) is 0 Å². The highest BCUT2D eigenvalue weighted by Crippen LogP contribution is 2.34. The molecule has 1 atom stereocenters. The molecule has 1 nitrogen and oxygen atoms in total. The van der Waals surface area contributed by atoms with Crippen LogP contribution in [0.15, 0.2) is 53.4 Å². The van der Waals surface area contributed by atoms with Crippen LogP contribution >= 0.6 is 23.4 Å². The Morgan fingerprint density at radius 3 is 2.22 bits per heavy atom. The molecule has 0 aliphatic carbocycles. The molecule has 0 bridgehead atoms. The lowest BCUT2D eigenvalue weighted by molar-refractivity contribution is 0.940. The number of thioether (sulfide) groups is 1. The van der Waals surface area contributed by atoms with Crippen LogP contribution in [0, 0.1) is 6.92 Å². The highest BCUT2D eigenvalue weighted by Gasteiger charge is 2.11. The van der Waals surface area contributed by atoms with Crippen molar-refractivity contribution in [2.75, 3.05) is 6.54 Å². The van der Waals surface area contributed by atoms with Crippen LogP contribution in [0.25, 0.3) is 0 Å². The number of nitrogens with two attached hydrogens (primary N) is 1. The fourth-order valence-corrected chi connectivity index (χ4v) is 2.85. The summed E-state index contributed by atoms with van der Waals surface area (Å²) in [5.74, 6) is 0. The minimum Gasteiger partial charge on any atom is -0.329 e. The molecule has 0 aliphatic rings. The van der Waals surface area contributed by atoms with E-state index in [1.807, 2.05) is 24.3 Å². The van der Waals surface area contributed by atoms with Crippen LogP contribution in [-0.4, -0.2) is 6.54 Å². The van der Waals surface area contributed by atoms with Crippen molar-refractivity contribution in [1.82, 2.24) is 0 Å². The Morgan fingerprint density at radius 2 is 1.67 bits per heavy atom. The predicted molar refractivity (Wildman–Crippen MR) is 80.3 cm³/mol. The van der Waals surface area contributed by atoms with E-state index >= 15 is 0 Å². The van der Waals surface area contributed by atoms with Gasteiger partial charge in [0.1, 0.15) is 0 Å². The molecule has 0 fully saturated rings. The molecule has 0 saturated carbocycles. The minimum atomic E-state index is 0.284. The molecule has 0 amide bonds. The molecule has 0 aromatic heterocycles. The predicted octanol–water partition coefficient (Wildman–Crippen LogP) is 4.44. The van der Waals surface area contributed by atoms with E-state index in [4.69, 9.17) is 17.3 Å². The third-order valence-corrected chi connectivity index (χ3v) is 4.30. The maximum absolute atomic E-state index is 5.88. The van der Waals surface area contributed by atoms with Crippen molar-refractivity contribution in [1.29, 1.82) is 0 Å². The molecule has 0 spiro atoms. The van der Waals surface area contributed by atoms with Gasteiger partial charge in [-0.3, -0.25) is 0 Å². The molecular weight excluding hydrogens is 262 g/mol. The second-order valence-electron chi connectivity index (χ2n) is 4.21. The number of hydrogen-bond donors (Lipinski definition) is 1. The van der Waals surface area contributed by atoms with Gasteiger partial charge in [-0.15, -0.1) is 11.8 Å². The monoisotopic (exact) mass is 277 g/mol. The number of halogens is 1. The highest BCUT2D eigenvalue weighted by atomic mass is 35.5. The van der Waals surface area contributed by atoms with E-state index in [9.17, 15) is 0 Å². The van der Waals surface area contributed by atoms with Crippen molar-refractivity contribution < 1.29 is 0 Å². The van der Waals surface area contributed by atoms with E-state index in [1.165, 1.54) is 16.0 Å². The Kier molecular flexibility index (Phi) is 4.70. The lowest BCUT2D eigenvalue weighted by atomic mass is 10.1. The minimum absolute atomic E-state index is 0.284. The molecule has 0 aliphatic heterocycles. The van der Waals surface area contributed by atoms with Crippen molar-refractivity contribution in [3.63, 3.8) is 0 Å². The maximum Gasteiger partial charge on any atom is 0.0466 e. The van der Waals surface area contributed by atoms with Crippen LogP contribution in [0.4, 0.5) is 0 Å². The van der Waals surface area contributed by atoms with Gasteiger partial charge in [-0.05, 0) is 36.8 Å². The number of hydrogen-bond acceptors (Lipinski definition) is 2. The molecule has 0 saturated heterocycles. The average Bonchev–Trinajstić information content (AvgIpc) is 2.39. The fourth-order valence-electron chi connectivity index (χ4n) is 1.71. The summed E-state index contributed by atoms with van der Waals surface area (Å²) in [6.07, 6.45) is 0. The summed E-state index contributed by atoms with van der Waals surface area (Å²) in [5.41, 5.74) is 8.41. The molecule has 18 heavy (non-hydrogen) atoms. The van der Waals surface area contributed by atoms with Crippen molar-refractivity contribution in [2.45, 2.75) is 17.1 Å². The quantitative estimate of drug-likeness (QED) is 0.836. The third kappa shape index (κ3) is 3.52. The van der Waals surface area contributed by atoms with E-state index in [0.29, 0.717) is 6.54 Å². The summed E-state index contributed by atoms with van der Waals surface area (Å²) >= 11 is 7.66. The SMILES string of the molecule is Cc1ccc(C(CN)Sc2ccc(Cl)cc2)cc1. The zero-order chi connectivity index (χ0) is 13.0. The topological polar surface area (TPSA) is 26.0 Å². The Hall–Kier alpha value is -0.960. The lowest BCUT2D eigenvalue weighted by Gasteiger charge is -2.15.